The molecule has 0 aliphatic carbocycles. The van der Waals surface area contributed by atoms with Crippen LogP contribution < -0.4 is 5.32 Å². The molecule has 0 bridgehead atoms. The molecule has 20 heavy (non-hydrogen) atoms. The van der Waals surface area contributed by atoms with Gasteiger partial charge in [-0.15, -0.1) is 5.92 Å². The number of aromatic nitrogens is 1. The van der Waals surface area contributed by atoms with Gasteiger partial charge >= 0.3 is 0 Å². The Morgan fingerprint density at radius 2 is 2.05 bits per heavy atom. The Balaban J connectivity index is 2.13. The van der Waals surface area contributed by atoms with E-state index in [1.807, 2.05) is 6.92 Å². The Hall–Kier alpha value is -1.72. The zero-order chi connectivity index (χ0) is 14.4. The molecule has 106 valence electrons. The second kappa shape index (κ2) is 7.17. The summed E-state index contributed by atoms with van der Waals surface area (Å²) < 4.78 is 2.26. The number of fused-ring (bicyclic) bond motifs is 1. The molecule has 0 unspecified atom stereocenters. The molecule has 0 saturated carbocycles. The van der Waals surface area contributed by atoms with Gasteiger partial charge < -0.3 is 9.88 Å². The molecule has 0 atom stereocenters. The average Bonchev–Trinajstić information content (AvgIpc) is 2.80. The van der Waals surface area contributed by atoms with E-state index in [-0.39, 0.29) is 0 Å². The normalized spacial score (nSPS) is 10.8. The third kappa shape index (κ3) is 3.65. The van der Waals surface area contributed by atoms with E-state index in [2.05, 4.69) is 66.0 Å². The molecule has 0 aliphatic rings. The van der Waals surface area contributed by atoms with Crippen molar-refractivity contribution < 1.29 is 0 Å². The lowest BCUT2D eigenvalue weighted by molar-refractivity contribution is 0.571. The lowest BCUT2D eigenvalue weighted by Crippen LogP contribution is -2.23. The molecule has 1 aromatic carbocycles. The minimum absolute atomic E-state index is 0.566. The average molecular weight is 268 g/mol. The van der Waals surface area contributed by atoms with Crippen LogP contribution in [0.1, 0.15) is 32.8 Å². The van der Waals surface area contributed by atoms with E-state index in [9.17, 15) is 0 Å². The van der Waals surface area contributed by atoms with Crippen LogP contribution >= 0.6 is 0 Å². The maximum atomic E-state index is 3.48. The summed E-state index contributed by atoms with van der Waals surface area (Å²) in [6, 6.07) is 9.19. The van der Waals surface area contributed by atoms with Crippen molar-refractivity contribution in [3.8, 4) is 11.8 Å². The van der Waals surface area contributed by atoms with Crippen molar-refractivity contribution >= 4 is 10.9 Å². The predicted octanol–water partition coefficient (Wildman–Crippen LogP) is 3.60. The summed E-state index contributed by atoms with van der Waals surface area (Å²) in [6.45, 7) is 8.13. The van der Waals surface area contributed by atoms with Gasteiger partial charge in [0.05, 0.1) is 6.54 Å². The van der Waals surface area contributed by atoms with Gasteiger partial charge in [-0.1, -0.05) is 38.0 Å². The molecule has 2 rings (SSSR count). The maximum absolute atomic E-state index is 3.48. The molecule has 2 aromatic rings. The van der Waals surface area contributed by atoms with Crippen LogP contribution in [0, 0.1) is 11.8 Å². The van der Waals surface area contributed by atoms with E-state index < -0.39 is 0 Å². The molecule has 0 aliphatic heterocycles. The van der Waals surface area contributed by atoms with Crippen LogP contribution in [0.4, 0.5) is 0 Å². The van der Waals surface area contributed by atoms with Crippen molar-refractivity contribution in [1.29, 1.82) is 0 Å². The number of hydrogen-bond donors (Lipinski definition) is 1. The number of para-hydroxylation sites is 1. The van der Waals surface area contributed by atoms with Gasteiger partial charge in [0.15, 0.2) is 0 Å². The van der Waals surface area contributed by atoms with E-state index >= 15 is 0 Å². The summed E-state index contributed by atoms with van der Waals surface area (Å²) in [6.07, 6.45) is 4.56. The third-order valence-electron chi connectivity index (χ3n) is 3.47. The Kier molecular flexibility index (Phi) is 5.26. The predicted molar refractivity (Wildman–Crippen MR) is 86.8 cm³/mol. The number of hydrogen-bond acceptors (Lipinski definition) is 1. The van der Waals surface area contributed by atoms with Crippen LogP contribution in [0.15, 0.2) is 30.5 Å². The molecule has 1 aromatic heterocycles. The Labute approximate surface area is 122 Å². The van der Waals surface area contributed by atoms with Gasteiger partial charge in [-0.3, -0.25) is 0 Å². The Morgan fingerprint density at radius 1 is 1.25 bits per heavy atom. The summed E-state index contributed by atoms with van der Waals surface area (Å²) >= 11 is 0. The largest absolute Gasteiger partial charge is 0.336 e. The number of rotatable bonds is 6. The topological polar surface area (TPSA) is 17.0 Å². The highest BCUT2D eigenvalue weighted by Gasteiger charge is 2.07. The fraction of sp³-hybridized carbons (Fsp3) is 0.444. The van der Waals surface area contributed by atoms with Gasteiger partial charge in [0.25, 0.3) is 0 Å². The van der Waals surface area contributed by atoms with Crippen molar-refractivity contribution in [2.45, 2.75) is 46.2 Å². The van der Waals surface area contributed by atoms with Crippen LogP contribution in [0.2, 0.25) is 0 Å². The lowest BCUT2D eigenvalue weighted by atomic mass is 10.1. The SMILES string of the molecule is CC#CCn1cc(CCCNC(C)C)c2ccccc21. The molecule has 2 heteroatoms. The molecular formula is C18H24N2. The Morgan fingerprint density at radius 3 is 2.80 bits per heavy atom. The lowest BCUT2D eigenvalue weighted by Gasteiger charge is -2.06. The van der Waals surface area contributed by atoms with Gasteiger partial charge in [0.1, 0.15) is 0 Å². The smallest absolute Gasteiger partial charge is 0.0837 e. The van der Waals surface area contributed by atoms with E-state index in [0.29, 0.717) is 6.04 Å². The van der Waals surface area contributed by atoms with Gasteiger partial charge in [0.2, 0.25) is 0 Å². The molecule has 1 heterocycles. The highest BCUT2D eigenvalue weighted by Crippen LogP contribution is 2.22. The maximum Gasteiger partial charge on any atom is 0.0837 e. The Bertz CT molecular complexity index is 611. The van der Waals surface area contributed by atoms with Crippen LogP contribution in [0.3, 0.4) is 0 Å². The zero-order valence-electron chi connectivity index (χ0n) is 12.7. The summed E-state index contributed by atoms with van der Waals surface area (Å²) in [5, 5.41) is 4.85. The molecule has 2 nitrogen and oxygen atoms in total. The van der Waals surface area contributed by atoms with Gasteiger partial charge in [0, 0.05) is 23.1 Å². The van der Waals surface area contributed by atoms with Crippen LogP contribution in [0.5, 0.6) is 0 Å². The second-order valence-electron chi connectivity index (χ2n) is 5.44. The van der Waals surface area contributed by atoms with Crippen molar-refractivity contribution in [2.24, 2.45) is 0 Å². The molecule has 0 spiro atoms. The molecule has 0 fully saturated rings. The number of aryl methyl sites for hydroxylation is 1. The van der Waals surface area contributed by atoms with Crippen molar-refractivity contribution in [3.63, 3.8) is 0 Å². The molecule has 1 N–H and O–H groups in total. The monoisotopic (exact) mass is 268 g/mol. The quantitative estimate of drug-likeness (QED) is 0.626. The van der Waals surface area contributed by atoms with E-state index in [1.165, 1.54) is 22.9 Å². The van der Waals surface area contributed by atoms with Gasteiger partial charge in [-0.2, -0.15) is 0 Å². The molecular weight excluding hydrogens is 244 g/mol. The van der Waals surface area contributed by atoms with Crippen LogP contribution in [-0.4, -0.2) is 17.2 Å². The first-order valence-corrected chi connectivity index (χ1v) is 7.42. The summed E-state index contributed by atoms with van der Waals surface area (Å²) in [4.78, 5) is 0. The highest BCUT2D eigenvalue weighted by atomic mass is 14.9. The summed E-state index contributed by atoms with van der Waals surface area (Å²) in [5.74, 6) is 6.13. The number of nitrogens with one attached hydrogen (secondary N) is 1. The fourth-order valence-corrected chi connectivity index (χ4v) is 2.49. The molecule has 0 amide bonds. The first kappa shape index (κ1) is 14.7. The second-order valence-corrected chi connectivity index (χ2v) is 5.44. The minimum Gasteiger partial charge on any atom is -0.336 e. The number of benzene rings is 1. The van der Waals surface area contributed by atoms with Crippen molar-refractivity contribution in [1.82, 2.24) is 9.88 Å². The third-order valence-corrected chi connectivity index (χ3v) is 3.47. The highest BCUT2D eigenvalue weighted by molar-refractivity contribution is 5.84. The molecule has 0 saturated heterocycles. The van der Waals surface area contributed by atoms with Crippen LogP contribution in [0.25, 0.3) is 10.9 Å². The van der Waals surface area contributed by atoms with Gasteiger partial charge in [-0.05, 0) is 37.9 Å². The van der Waals surface area contributed by atoms with Crippen molar-refractivity contribution in [2.75, 3.05) is 6.54 Å². The van der Waals surface area contributed by atoms with E-state index in [0.717, 1.165) is 19.5 Å². The van der Waals surface area contributed by atoms with E-state index in [1.54, 1.807) is 0 Å². The zero-order valence-corrected chi connectivity index (χ0v) is 12.7. The summed E-state index contributed by atoms with van der Waals surface area (Å²) in [7, 11) is 0. The van der Waals surface area contributed by atoms with E-state index in [4.69, 9.17) is 0 Å². The summed E-state index contributed by atoms with van der Waals surface area (Å²) in [5.41, 5.74) is 2.73. The molecule has 0 radical (unpaired) electrons. The number of nitrogens with zero attached hydrogens (tertiary/aromatic N) is 1. The standard InChI is InChI=1S/C18H24N2/c1-4-5-13-20-14-16(9-8-12-19-15(2)3)17-10-6-7-11-18(17)20/h6-7,10-11,14-15,19H,8-9,12-13H2,1-3H3. The minimum atomic E-state index is 0.566. The van der Waals surface area contributed by atoms with Crippen molar-refractivity contribution in [3.05, 3.63) is 36.0 Å². The van der Waals surface area contributed by atoms with Gasteiger partial charge in [-0.25, -0.2) is 0 Å². The first-order chi connectivity index (χ1) is 9.72. The fourth-order valence-electron chi connectivity index (χ4n) is 2.49. The first-order valence-electron chi connectivity index (χ1n) is 7.42. The van der Waals surface area contributed by atoms with Crippen LogP contribution in [-0.2, 0) is 13.0 Å².